The fourth-order valence-corrected chi connectivity index (χ4v) is 1.59. The molecule has 2 aromatic rings. The summed E-state index contributed by atoms with van der Waals surface area (Å²) < 4.78 is 1.27. The first-order chi connectivity index (χ1) is 9.97. The van der Waals surface area contributed by atoms with E-state index in [1.54, 1.807) is 0 Å². The smallest absolute Gasteiger partial charge is 0.358 e. The number of carbonyl (C=O) groups excluding carboxylic acids is 1. The van der Waals surface area contributed by atoms with E-state index in [2.05, 4.69) is 15.6 Å². The van der Waals surface area contributed by atoms with Crippen molar-refractivity contribution in [3.63, 3.8) is 0 Å². The fourth-order valence-electron chi connectivity index (χ4n) is 1.59. The summed E-state index contributed by atoms with van der Waals surface area (Å²) in [6.07, 6.45) is 1.24. The maximum absolute atomic E-state index is 11.8. The van der Waals surface area contributed by atoms with Crippen LogP contribution in [-0.2, 0) is 6.54 Å². The Bertz CT molecular complexity index is 682. The maximum Gasteiger partial charge on any atom is 0.358 e. The van der Waals surface area contributed by atoms with Crippen molar-refractivity contribution in [2.24, 2.45) is 0 Å². The number of benzene rings is 1. The number of aromatic hydroxyl groups is 2. The summed E-state index contributed by atoms with van der Waals surface area (Å²) in [5, 5.41) is 37.0. The van der Waals surface area contributed by atoms with Gasteiger partial charge in [-0.2, -0.15) is 0 Å². The van der Waals surface area contributed by atoms with Crippen LogP contribution in [0.4, 0.5) is 0 Å². The molecule has 1 aromatic carbocycles. The van der Waals surface area contributed by atoms with E-state index < -0.39 is 11.9 Å². The number of hydrogen-bond acceptors (Lipinski definition) is 6. The van der Waals surface area contributed by atoms with Crippen molar-refractivity contribution in [1.82, 2.24) is 20.3 Å². The van der Waals surface area contributed by atoms with E-state index in [1.165, 1.54) is 23.0 Å². The van der Waals surface area contributed by atoms with Crippen LogP contribution in [-0.4, -0.2) is 48.7 Å². The van der Waals surface area contributed by atoms with Crippen molar-refractivity contribution >= 4 is 11.9 Å². The Morgan fingerprint density at radius 1 is 1.29 bits per heavy atom. The normalized spacial score (nSPS) is 10.3. The lowest BCUT2D eigenvalue weighted by atomic mass is 10.2. The first-order valence-electron chi connectivity index (χ1n) is 5.91. The number of phenolic OH excluding ortho intramolecular Hbond substituents is 2. The Balaban J connectivity index is 1.92. The highest BCUT2D eigenvalue weighted by atomic mass is 16.4. The van der Waals surface area contributed by atoms with Crippen LogP contribution in [0.1, 0.15) is 20.8 Å². The van der Waals surface area contributed by atoms with E-state index >= 15 is 0 Å². The number of rotatable bonds is 5. The third kappa shape index (κ3) is 3.47. The average molecular weight is 292 g/mol. The van der Waals surface area contributed by atoms with Crippen LogP contribution in [0.3, 0.4) is 0 Å². The summed E-state index contributed by atoms with van der Waals surface area (Å²) >= 11 is 0. The van der Waals surface area contributed by atoms with Crippen LogP contribution >= 0.6 is 0 Å². The zero-order valence-corrected chi connectivity index (χ0v) is 10.7. The van der Waals surface area contributed by atoms with Crippen molar-refractivity contribution in [3.05, 3.63) is 35.7 Å². The van der Waals surface area contributed by atoms with Gasteiger partial charge in [-0.25, -0.2) is 9.48 Å². The predicted octanol–water partition coefficient (Wildman–Crippen LogP) is -0.183. The van der Waals surface area contributed by atoms with Crippen molar-refractivity contribution < 1.29 is 24.9 Å². The number of amides is 1. The first-order valence-corrected chi connectivity index (χ1v) is 5.91. The number of carbonyl (C=O) groups is 2. The third-order valence-corrected chi connectivity index (χ3v) is 2.61. The van der Waals surface area contributed by atoms with Crippen molar-refractivity contribution in [1.29, 1.82) is 0 Å². The van der Waals surface area contributed by atoms with Crippen molar-refractivity contribution in [2.45, 2.75) is 6.54 Å². The summed E-state index contributed by atoms with van der Waals surface area (Å²) in [4.78, 5) is 22.4. The van der Waals surface area contributed by atoms with Gasteiger partial charge in [0.25, 0.3) is 5.91 Å². The number of nitrogens with zero attached hydrogens (tertiary/aromatic N) is 3. The lowest BCUT2D eigenvalue weighted by Gasteiger charge is -2.07. The van der Waals surface area contributed by atoms with Gasteiger partial charge in [-0.05, 0) is 18.2 Å². The second kappa shape index (κ2) is 5.90. The highest BCUT2D eigenvalue weighted by Crippen LogP contribution is 2.21. The molecule has 110 valence electrons. The van der Waals surface area contributed by atoms with E-state index in [9.17, 15) is 19.8 Å². The Labute approximate surface area is 118 Å². The molecule has 9 heteroatoms. The number of hydrogen-bond donors (Lipinski definition) is 4. The van der Waals surface area contributed by atoms with Gasteiger partial charge in [0, 0.05) is 6.54 Å². The maximum atomic E-state index is 11.8. The summed E-state index contributed by atoms with van der Waals surface area (Å²) in [7, 11) is 0. The molecule has 4 N–H and O–H groups in total. The molecule has 9 nitrogen and oxygen atoms in total. The van der Waals surface area contributed by atoms with E-state index in [0.717, 1.165) is 6.07 Å². The topological polar surface area (TPSA) is 138 Å². The van der Waals surface area contributed by atoms with Gasteiger partial charge in [0.1, 0.15) is 11.5 Å². The highest BCUT2D eigenvalue weighted by Gasteiger charge is 2.12. The van der Waals surface area contributed by atoms with Gasteiger partial charge < -0.3 is 20.6 Å². The molecular weight excluding hydrogens is 280 g/mol. The van der Waals surface area contributed by atoms with Gasteiger partial charge in [0.05, 0.1) is 18.3 Å². The molecule has 21 heavy (non-hydrogen) atoms. The van der Waals surface area contributed by atoms with Crippen LogP contribution < -0.4 is 5.32 Å². The molecular formula is C12H12N4O5. The second-order valence-corrected chi connectivity index (χ2v) is 4.13. The molecule has 0 spiro atoms. The number of aromatic carboxylic acids is 1. The molecule has 1 amide bonds. The SMILES string of the molecule is O=C(O)c1cn(CCNC(=O)c2cc(O)ccc2O)nn1. The Morgan fingerprint density at radius 2 is 2.05 bits per heavy atom. The van der Waals surface area contributed by atoms with E-state index in [0.29, 0.717) is 0 Å². The molecule has 0 unspecified atom stereocenters. The molecule has 2 rings (SSSR count). The van der Waals surface area contributed by atoms with E-state index in [4.69, 9.17) is 5.11 Å². The fraction of sp³-hybridized carbons (Fsp3) is 0.167. The summed E-state index contributed by atoms with van der Waals surface area (Å²) in [6, 6.07) is 3.61. The standard InChI is InChI=1S/C12H12N4O5/c17-7-1-2-10(18)8(5-7)11(19)13-3-4-16-6-9(12(20)21)14-15-16/h1-2,5-6,17-18H,3-4H2,(H,13,19)(H,20,21). The van der Waals surface area contributed by atoms with Gasteiger partial charge in [-0.3, -0.25) is 4.79 Å². The Hall–Kier alpha value is -3.10. The Morgan fingerprint density at radius 3 is 2.71 bits per heavy atom. The second-order valence-electron chi connectivity index (χ2n) is 4.13. The van der Waals surface area contributed by atoms with Crippen molar-refractivity contribution in [2.75, 3.05) is 6.54 Å². The van der Waals surface area contributed by atoms with E-state index in [1.807, 2.05) is 0 Å². The molecule has 1 heterocycles. The molecule has 0 aliphatic heterocycles. The van der Waals surface area contributed by atoms with Gasteiger partial charge in [0.2, 0.25) is 0 Å². The lowest BCUT2D eigenvalue weighted by molar-refractivity contribution is 0.0690. The van der Waals surface area contributed by atoms with Crippen LogP contribution in [0.5, 0.6) is 11.5 Å². The number of carboxylic acid groups (broad SMARTS) is 1. The first kappa shape index (κ1) is 14.3. The summed E-state index contributed by atoms with van der Waals surface area (Å²) in [5.41, 5.74) is -0.244. The van der Waals surface area contributed by atoms with Gasteiger partial charge in [-0.15, -0.1) is 5.10 Å². The minimum Gasteiger partial charge on any atom is -0.508 e. The molecule has 0 atom stereocenters. The summed E-state index contributed by atoms with van der Waals surface area (Å²) in [5.74, 6) is -2.14. The monoisotopic (exact) mass is 292 g/mol. The van der Waals surface area contributed by atoms with Gasteiger partial charge in [0.15, 0.2) is 5.69 Å². The number of carboxylic acids is 1. The molecule has 0 saturated carbocycles. The lowest BCUT2D eigenvalue weighted by Crippen LogP contribution is -2.27. The number of aromatic nitrogens is 3. The zero-order chi connectivity index (χ0) is 15.4. The van der Waals surface area contributed by atoms with E-state index in [-0.39, 0.29) is 35.8 Å². The van der Waals surface area contributed by atoms with Gasteiger partial charge in [-0.1, -0.05) is 5.21 Å². The van der Waals surface area contributed by atoms with Gasteiger partial charge >= 0.3 is 5.97 Å². The third-order valence-electron chi connectivity index (χ3n) is 2.61. The van der Waals surface area contributed by atoms with Crippen molar-refractivity contribution in [3.8, 4) is 11.5 Å². The minimum absolute atomic E-state index is 0.0557. The minimum atomic E-state index is -1.19. The number of phenols is 2. The van der Waals surface area contributed by atoms with Crippen LogP contribution in [0, 0.1) is 0 Å². The average Bonchev–Trinajstić information content (AvgIpc) is 2.90. The molecule has 0 saturated heterocycles. The van der Waals surface area contributed by atoms with Crippen LogP contribution in [0.2, 0.25) is 0 Å². The molecule has 0 aliphatic rings. The highest BCUT2D eigenvalue weighted by molar-refractivity contribution is 5.97. The molecule has 0 aliphatic carbocycles. The molecule has 0 fully saturated rings. The largest absolute Gasteiger partial charge is 0.508 e. The quantitative estimate of drug-likeness (QED) is 0.561. The molecule has 0 bridgehead atoms. The van der Waals surface area contributed by atoms with Crippen LogP contribution in [0.25, 0.3) is 0 Å². The Kier molecular flexibility index (Phi) is 4.02. The number of nitrogens with one attached hydrogen (secondary N) is 1. The summed E-state index contributed by atoms with van der Waals surface area (Å²) in [6.45, 7) is 0.363. The molecule has 1 aromatic heterocycles. The van der Waals surface area contributed by atoms with Crippen LogP contribution in [0.15, 0.2) is 24.4 Å². The predicted molar refractivity (Wildman–Crippen MR) is 69.1 cm³/mol. The molecule has 0 radical (unpaired) electrons. The zero-order valence-electron chi connectivity index (χ0n) is 10.7.